The first kappa shape index (κ1) is 36.9. The number of amides is 3. The molecule has 2 fully saturated rings. The van der Waals surface area contributed by atoms with Gasteiger partial charge in [-0.2, -0.15) is 0 Å². The van der Waals surface area contributed by atoms with Crippen LogP contribution in [0, 0.1) is 0 Å². The Morgan fingerprint density at radius 3 is 2.22 bits per heavy atom. The van der Waals surface area contributed by atoms with E-state index in [9.17, 15) is 18.9 Å². The van der Waals surface area contributed by atoms with Crippen molar-refractivity contribution in [1.82, 2.24) is 25.1 Å². The number of nitrogens with zero attached hydrogens (tertiary/aromatic N) is 5. The predicted molar refractivity (Wildman–Crippen MR) is 187 cm³/mol. The molecule has 3 aromatic rings. The van der Waals surface area contributed by atoms with Crippen LogP contribution in [0.15, 0.2) is 60.7 Å². The molecule has 14 nitrogen and oxygen atoms in total. The summed E-state index contributed by atoms with van der Waals surface area (Å²) in [6.45, 7) is 8.00. The third-order valence-electron chi connectivity index (χ3n) is 8.54. The van der Waals surface area contributed by atoms with Crippen LogP contribution in [0.5, 0.6) is 0 Å². The Labute approximate surface area is 292 Å². The van der Waals surface area contributed by atoms with Crippen molar-refractivity contribution in [2.75, 3.05) is 71.1 Å². The van der Waals surface area contributed by atoms with Crippen LogP contribution < -0.4 is 15.5 Å². The molecule has 3 amide bonds. The topological polar surface area (TPSA) is 153 Å². The minimum absolute atomic E-state index is 0.0327. The fourth-order valence-corrected chi connectivity index (χ4v) is 7.59. The second-order valence-electron chi connectivity index (χ2n) is 11.7. The molecule has 1 unspecified atom stereocenters. The van der Waals surface area contributed by atoms with E-state index in [1.807, 2.05) is 35.2 Å². The molecule has 0 spiro atoms. The van der Waals surface area contributed by atoms with Crippen LogP contribution in [0.3, 0.4) is 0 Å². The zero-order valence-corrected chi connectivity index (χ0v) is 29.8. The zero-order chi connectivity index (χ0) is 35.7. The minimum atomic E-state index is -3.72. The molecule has 0 saturated carbocycles. The van der Waals surface area contributed by atoms with Gasteiger partial charge in [0.2, 0.25) is 5.91 Å². The van der Waals surface area contributed by atoms with E-state index in [0.717, 1.165) is 12.0 Å². The summed E-state index contributed by atoms with van der Waals surface area (Å²) in [5.74, 6) is -0.0666. The van der Waals surface area contributed by atoms with Crippen LogP contribution in [0.1, 0.15) is 49.3 Å². The van der Waals surface area contributed by atoms with Crippen molar-refractivity contribution in [3.8, 4) is 11.4 Å². The SMILES string of the molecule is CCOC(=O)N1CCN(C(=O)C(NC(=O)c2cc(N3CC[C@H](OC)C3)nc(-c3ccccc3)n2)c2cccc(P(=O)(OCC)OCC)c2)CC1. The van der Waals surface area contributed by atoms with Crippen molar-refractivity contribution in [1.29, 1.82) is 0 Å². The number of piperazine rings is 1. The van der Waals surface area contributed by atoms with E-state index in [1.54, 1.807) is 68.0 Å². The molecule has 1 N–H and O–H groups in total. The van der Waals surface area contributed by atoms with Crippen LogP contribution in [-0.2, 0) is 27.9 Å². The molecule has 3 heterocycles. The smallest absolute Gasteiger partial charge is 0.409 e. The lowest BCUT2D eigenvalue weighted by Crippen LogP contribution is -2.53. The number of carbonyl (C=O) groups excluding carboxylic acids is 3. The lowest BCUT2D eigenvalue weighted by atomic mass is 10.0. The standard InChI is InChI=1S/C35H45N6O8P/c1-5-47-35(44)40-20-18-39(19-21-40)34(43)31(26-14-11-15-28(22-26)50(45,48-6-2)49-7-3)38-33(42)29-23-30(41-17-16-27(24-41)46-4)37-32(36-29)25-12-9-8-10-13-25/h8-15,22-23,27,31H,5-7,16-21,24H2,1-4H3,(H,38,42)/t27-,31?/m0/s1. The van der Waals surface area contributed by atoms with Gasteiger partial charge in [-0.1, -0.05) is 42.5 Å². The molecule has 0 radical (unpaired) electrons. The second kappa shape index (κ2) is 17.0. The minimum Gasteiger partial charge on any atom is -0.450 e. The summed E-state index contributed by atoms with van der Waals surface area (Å²) in [5, 5.41) is 3.18. The second-order valence-corrected chi connectivity index (χ2v) is 13.8. The van der Waals surface area contributed by atoms with Gasteiger partial charge in [0.1, 0.15) is 17.6 Å². The van der Waals surface area contributed by atoms with Crippen molar-refractivity contribution in [2.24, 2.45) is 0 Å². The maximum atomic E-state index is 14.3. The molecule has 50 heavy (non-hydrogen) atoms. The maximum Gasteiger partial charge on any atom is 0.409 e. The normalized spacial score (nSPS) is 17.0. The number of rotatable bonds is 13. The van der Waals surface area contributed by atoms with Gasteiger partial charge in [0.05, 0.1) is 31.2 Å². The number of benzene rings is 2. The molecule has 2 atom stereocenters. The van der Waals surface area contributed by atoms with Gasteiger partial charge in [-0.3, -0.25) is 14.2 Å². The Hall–Kier alpha value is -4.36. The first-order chi connectivity index (χ1) is 24.2. The van der Waals surface area contributed by atoms with Crippen molar-refractivity contribution >= 4 is 36.6 Å². The number of hydrogen-bond acceptors (Lipinski definition) is 11. The molecule has 15 heteroatoms. The Balaban J connectivity index is 1.50. The summed E-state index contributed by atoms with van der Waals surface area (Å²) < 4.78 is 35.6. The van der Waals surface area contributed by atoms with Gasteiger partial charge in [-0.25, -0.2) is 14.8 Å². The lowest BCUT2D eigenvalue weighted by molar-refractivity contribution is -0.135. The van der Waals surface area contributed by atoms with Gasteiger partial charge in [-0.05, 0) is 44.9 Å². The molecule has 1 aromatic heterocycles. The van der Waals surface area contributed by atoms with Crippen LogP contribution in [0.25, 0.3) is 11.4 Å². The van der Waals surface area contributed by atoms with E-state index >= 15 is 0 Å². The molecule has 0 bridgehead atoms. The highest BCUT2D eigenvalue weighted by Crippen LogP contribution is 2.47. The van der Waals surface area contributed by atoms with Gasteiger partial charge in [-0.15, -0.1) is 0 Å². The summed E-state index contributed by atoms with van der Waals surface area (Å²) in [6.07, 6.45) is 0.403. The Morgan fingerprint density at radius 2 is 1.58 bits per heavy atom. The summed E-state index contributed by atoms with van der Waals surface area (Å²) in [4.78, 5) is 55.4. The molecule has 268 valence electrons. The van der Waals surface area contributed by atoms with E-state index in [2.05, 4.69) is 10.3 Å². The third-order valence-corrected chi connectivity index (χ3v) is 10.6. The van der Waals surface area contributed by atoms with Crippen molar-refractivity contribution in [3.63, 3.8) is 0 Å². The third kappa shape index (κ3) is 8.67. The van der Waals surface area contributed by atoms with E-state index in [0.29, 0.717) is 30.3 Å². The van der Waals surface area contributed by atoms with Gasteiger partial charge in [0.15, 0.2) is 5.82 Å². The molecular formula is C35H45N6O8P. The highest BCUT2D eigenvalue weighted by atomic mass is 31.2. The van der Waals surface area contributed by atoms with Crippen molar-refractivity contribution in [3.05, 3.63) is 71.9 Å². The molecule has 2 aliphatic heterocycles. The lowest BCUT2D eigenvalue weighted by Gasteiger charge is -2.36. The van der Waals surface area contributed by atoms with Crippen molar-refractivity contribution < 1.29 is 37.5 Å². The largest absolute Gasteiger partial charge is 0.450 e. The number of methoxy groups -OCH3 is 1. The summed E-state index contributed by atoms with van der Waals surface area (Å²) in [6, 6.07) is 16.3. The number of anilines is 1. The fraction of sp³-hybridized carbons (Fsp3) is 0.457. The van der Waals surface area contributed by atoms with E-state index in [1.165, 1.54) is 0 Å². The van der Waals surface area contributed by atoms with Crippen LogP contribution in [0.2, 0.25) is 0 Å². The molecule has 2 aliphatic rings. The highest BCUT2D eigenvalue weighted by molar-refractivity contribution is 7.62. The van der Waals surface area contributed by atoms with Crippen LogP contribution in [0.4, 0.5) is 10.6 Å². The average molecular weight is 709 g/mol. The highest BCUT2D eigenvalue weighted by Gasteiger charge is 2.34. The quantitative estimate of drug-likeness (QED) is 0.256. The maximum absolute atomic E-state index is 14.3. The van der Waals surface area contributed by atoms with Gasteiger partial charge < -0.3 is 38.5 Å². The molecule has 5 rings (SSSR count). The zero-order valence-electron chi connectivity index (χ0n) is 28.9. The predicted octanol–water partition coefficient (Wildman–Crippen LogP) is 4.03. The van der Waals surface area contributed by atoms with Gasteiger partial charge >= 0.3 is 13.7 Å². The molecule has 2 saturated heterocycles. The Kier molecular flexibility index (Phi) is 12.6. The molecule has 0 aliphatic carbocycles. The molecule has 2 aromatic carbocycles. The Morgan fingerprint density at radius 1 is 0.880 bits per heavy atom. The van der Waals surface area contributed by atoms with Gasteiger partial charge in [0, 0.05) is 58.0 Å². The number of carbonyl (C=O) groups is 3. The Bertz CT molecular complexity index is 1680. The van der Waals surface area contributed by atoms with Crippen LogP contribution >= 0.6 is 7.60 Å². The van der Waals surface area contributed by atoms with Crippen LogP contribution in [-0.4, -0.2) is 110 Å². The van der Waals surface area contributed by atoms with Gasteiger partial charge in [0.25, 0.3) is 5.91 Å². The number of hydrogen-bond donors (Lipinski definition) is 1. The average Bonchev–Trinajstić information content (AvgIpc) is 3.64. The van der Waals surface area contributed by atoms with E-state index in [-0.39, 0.29) is 63.1 Å². The summed E-state index contributed by atoms with van der Waals surface area (Å²) in [5.41, 5.74) is 1.19. The number of nitrogens with one attached hydrogen (secondary N) is 1. The first-order valence-electron chi connectivity index (χ1n) is 16.9. The summed E-state index contributed by atoms with van der Waals surface area (Å²) >= 11 is 0. The number of aromatic nitrogens is 2. The summed E-state index contributed by atoms with van der Waals surface area (Å²) in [7, 11) is -2.04. The van der Waals surface area contributed by atoms with E-state index in [4.69, 9.17) is 23.5 Å². The van der Waals surface area contributed by atoms with Crippen molar-refractivity contribution in [2.45, 2.75) is 39.3 Å². The fourth-order valence-electron chi connectivity index (χ4n) is 5.96. The van der Waals surface area contributed by atoms with E-state index < -0.39 is 31.5 Å². The number of ether oxygens (including phenoxy) is 2. The monoisotopic (exact) mass is 708 g/mol. The first-order valence-corrected chi connectivity index (χ1v) is 18.5. The molecular weight excluding hydrogens is 663 g/mol.